The summed E-state index contributed by atoms with van der Waals surface area (Å²) in [5.74, 6) is 0.945. The average molecular weight is 291 g/mol. The molecule has 1 aromatic rings. The van der Waals surface area contributed by atoms with Crippen LogP contribution < -0.4 is 16.0 Å². The predicted octanol–water partition coefficient (Wildman–Crippen LogP) is 0.935. The van der Waals surface area contributed by atoms with E-state index in [1.807, 2.05) is 13.0 Å². The molecule has 1 fully saturated rings. The summed E-state index contributed by atoms with van der Waals surface area (Å²) < 4.78 is 0. The first-order chi connectivity index (χ1) is 10.1. The molecule has 116 valence electrons. The molecule has 6 nitrogen and oxygen atoms in total. The first-order valence-corrected chi connectivity index (χ1v) is 7.69. The van der Waals surface area contributed by atoms with Crippen LogP contribution in [0.1, 0.15) is 33.1 Å². The molecule has 2 rings (SSSR count). The SMILES string of the molecule is CCC(C)C(N)C(=O)NC1CCN(c2ncccn2)CC1. The van der Waals surface area contributed by atoms with Gasteiger partial charge in [0.2, 0.25) is 11.9 Å². The van der Waals surface area contributed by atoms with Gasteiger partial charge in [-0.25, -0.2) is 9.97 Å². The number of nitrogens with zero attached hydrogens (tertiary/aromatic N) is 3. The molecule has 2 atom stereocenters. The molecule has 1 aliphatic rings. The number of amides is 1. The summed E-state index contributed by atoms with van der Waals surface area (Å²) in [6, 6.07) is 1.60. The first kappa shape index (κ1) is 15.7. The standard InChI is InChI=1S/C15H25N5O/c1-3-11(2)13(16)14(21)19-12-5-9-20(10-6-12)15-17-7-4-8-18-15/h4,7-8,11-13H,3,5-6,9-10,16H2,1-2H3,(H,19,21). The molecule has 0 aromatic carbocycles. The average Bonchev–Trinajstić information content (AvgIpc) is 2.54. The van der Waals surface area contributed by atoms with Crippen LogP contribution in [0.4, 0.5) is 5.95 Å². The van der Waals surface area contributed by atoms with Gasteiger partial charge in [0.15, 0.2) is 0 Å². The van der Waals surface area contributed by atoms with Gasteiger partial charge in [-0.05, 0) is 24.8 Å². The summed E-state index contributed by atoms with van der Waals surface area (Å²) in [5.41, 5.74) is 5.96. The third kappa shape index (κ3) is 4.14. The molecule has 2 unspecified atom stereocenters. The van der Waals surface area contributed by atoms with Gasteiger partial charge in [0.1, 0.15) is 0 Å². The molecule has 1 aliphatic heterocycles. The highest BCUT2D eigenvalue weighted by Gasteiger charge is 2.25. The van der Waals surface area contributed by atoms with Crippen LogP contribution in [0.15, 0.2) is 18.5 Å². The molecule has 6 heteroatoms. The number of aromatic nitrogens is 2. The fraction of sp³-hybridized carbons (Fsp3) is 0.667. The van der Waals surface area contributed by atoms with Gasteiger partial charge in [0.05, 0.1) is 6.04 Å². The first-order valence-electron chi connectivity index (χ1n) is 7.69. The Morgan fingerprint density at radius 2 is 2.05 bits per heavy atom. The minimum absolute atomic E-state index is 0.0289. The van der Waals surface area contributed by atoms with E-state index in [-0.39, 0.29) is 17.9 Å². The summed E-state index contributed by atoms with van der Waals surface area (Å²) in [6.07, 6.45) is 6.22. The van der Waals surface area contributed by atoms with Crippen molar-refractivity contribution in [1.29, 1.82) is 0 Å². The fourth-order valence-corrected chi connectivity index (χ4v) is 2.49. The van der Waals surface area contributed by atoms with Crippen LogP contribution in [-0.4, -0.2) is 41.0 Å². The third-order valence-electron chi connectivity index (χ3n) is 4.24. The van der Waals surface area contributed by atoms with Gasteiger partial charge in [-0.2, -0.15) is 0 Å². The van der Waals surface area contributed by atoms with Gasteiger partial charge in [-0.15, -0.1) is 0 Å². The number of anilines is 1. The van der Waals surface area contributed by atoms with Crippen LogP contribution in [0.3, 0.4) is 0 Å². The minimum atomic E-state index is -0.412. The summed E-state index contributed by atoms with van der Waals surface area (Å²) in [4.78, 5) is 22.8. The van der Waals surface area contributed by atoms with Crippen LogP contribution in [0.25, 0.3) is 0 Å². The summed E-state index contributed by atoms with van der Waals surface area (Å²) in [6.45, 7) is 5.77. The van der Waals surface area contributed by atoms with Crippen LogP contribution >= 0.6 is 0 Å². The lowest BCUT2D eigenvalue weighted by Gasteiger charge is -2.33. The van der Waals surface area contributed by atoms with Gasteiger partial charge in [0.25, 0.3) is 0 Å². The Bertz CT molecular complexity index is 445. The maximum atomic E-state index is 12.1. The monoisotopic (exact) mass is 291 g/mol. The van der Waals surface area contributed by atoms with Crippen LogP contribution in [0.2, 0.25) is 0 Å². The lowest BCUT2D eigenvalue weighted by atomic mass is 9.98. The molecule has 0 aliphatic carbocycles. The lowest BCUT2D eigenvalue weighted by molar-refractivity contribution is -0.124. The van der Waals surface area contributed by atoms with Crippen molar-refractivity contribution in [2.24, 2.45) is 11.7 Å². The summed E-state index contributed by atoms with van der Waals surface area (Å²) in [5, 5.41) is 3.07. The van der Waals surface area contributed by atoms with Crippen molar-refractivity contribution in [2.45, 2.75) is 45.2 Å². The Morgan fingerprint density at radius 1 is 1.43 bits per heavy atom. The molecule has 1 saturated heterocycles. The van der Waals surface area contributed by atoms with Crippen molar-refractivity contribution in [3.05, 3.63) is 18.5 Å². The number of hydrogen-bond donors (Lipinski definition) is 2. The molecular formula is C15H25N5O. The van der Waals surface area contributed by atoms with Crippen molar-refractivity contribution in [3.63, 3.8) is 0 Å². The maximum Gasteiger partial charge on any atom is 0.237 e. The largest absolute Gasteiger partial charge is 0.352 e. The van der Waals surface area contributed by atoms with Crippen LogP contribution in [0, 0.1) is 5.92 Å². The molecule has 0 spiro atoms. The van der Waals surface area contributed by atoms with E-state index in [2.05, 4.69) is 27.1 Å². The number of carbonyl (C=O) groups excluding carboxylic acids is 1. The highest BCUT2D eigenvalue weighted by molar-refractivity contribution is 5.82. The Morgan fingerprint density at radius 3 is 2.62 bits per heavy atom. The zero-order chi connectivity index (χ0) is 15.2. The zero-order valence-corrected chi connectivity index (χ0v) is 12.8. The smallest absolute Gasteiger partial charge is 0.237 e. The van der Waals surface area contributed by atoms with E-state index in [0.29, 0.717) is 0 Å². The van der Waals surface area contributed by atoms with Gasteiger partial charge in [0, 0.05) is 31.5 Å². The normalized spacial score (nSPS) is 19.1. The summed E-state index contributed by atoms with van der Waals surface area (Å²) >= 11 is 0. The van der Waals surface area contributed by atoms with Gasteiger partial charge in [-0.3, -0.25) is 4.79 Å². The van der Waals surface area contributed by atoms with E-state index >= 15 is 0 Å². The number of carbonyl (C=O) groups is 1. The molecule has 21 heavy (non-hydrogen) atoms. The number of hydrogen-bond acceptors (Lipinski definition) is 5. The van der Waals surface area contributed by atoms with Crippen molar-refractivity contribution < 1.29 is 4.79 Å². The Hall–Kier alpha value is -1.69. The second kappa shape index (κ2) is 7.36. The van der Waals surface area contributed by atoms with Crippen molar-refractivity contribution in [1.82, 2.24) is 15.3 Å². The van der Waals surface area contributed by atoms with Gasteiger partial charge in [-0.1, -0.05) is 20.3 Å². The highest BCUT2D eigenvalue weighted by Crippen LogP contribution is 2.15. The second-order valence-corrected chi connectivity index (χ2v) is 5.73. The van der Waals surface area contributed by atoms with E-state index in [1.54, 1.807) is 12.4 Å². The van der Waals surface area contributed by atoms with Crippen LogP contribution in [0.5, 0.6) is 0 Å². The topological polar surface area (TPSA) is 84.1 Å². The van der Waals surface area contributed by atoms with E-state index in [0.717, 1.165) is 38.3 Å². The minimum Gasteiger partial charge on any atom is -0.352 e. The van der Waals surface area contributed by atoms with Gasteiger partial charge >= 0.3 is 0 Å². The van der Waals surface area contributed by atoms with Crippen LogP contribution in [-0.2, 0) is 4.79 Å². The maximum absolute atomic E-state index is 12.1. The van der Waals surface area contributed by atoms with E-state index < -0.39 is 6.04 Å². The zero-order valence-electron chi connectivity index (χ0n) is 12.8. The Kier molecular flexibility index (Phi) is 5.50. The quantitative estimate of drug-likeness (QED) is 0.843. The molecule has 1 aromatic heterocycles. The number of nitrogens with two attached hydrogens (primary N) is 1. The van der Waals surface area contributed by atoms with Crippen molar-refractivity contribution in [3.8, 4) is 0 Å². The lowest BCUT2D eigenvalue weighted by Crippen LogP contribution is -2.51. The molecule has 2 heterocycles. The number of nitrogens with one attached hydrogen (secondary N) is 1. The highest BCUT2D eigenvalue weighted by atomic mass is 16.2. The Balaban J connectivity index is 1.80. The van der Waals surface area contributed by atoms with Crippen molar-refractivity contribution >= 4 is 11.9 Å². The molecule has 0 radical (unpaired) electrons. The van der Waals surface area contributed by atoms with E-state index in [1.165, 1.54) is 0 Å². The Labute approximate surface area is 126 Å². The molecule has 0 bridgehead atoms. The molecule has 0 saturated carbocycles. The van der Waals surface area contributed by atoms with Gasteiger partial charge < -0.3 is 16.0 Å². The molecule has 1 amide bonds. The number of rotatable bonds is 5. The second-order valence-electron chi connectivity index (χ2n) is 5.73. The molecule has 3 N–H and O–H groups in total. The number of piperidine rings is 1. The fourth-order valence-electron chi connectivity index (χ4n) is 2.49. The van der Waals surface area contributed by atoms with Crippen molar-refractivity contribution in [2.75, 3.05) is 18.0 Å². The van der Waals surface area contributed by atoms with E-state index in [4.69, 9.17) is 5.73 Å². The molecular weight excluding hydrogens is 266 g/mol. The third-order valence-corrected chi connectivity index (χ3v) is 4.24. The summed E-state index contributed by atoms with van der Waals surface area (Å²) in [7, 11) is 0. The predicted molar refractivity (Wildman–Crippen MR) is 82.8 cm³/mol. The van der Waals surface area contributed by atoms with E-state index in [9.17, 15) is 4.79 Å².